The molecular formula is C27H31N5O5S. The molecule has 2 aromatic carbocycles. The van der Waals surface area contributed by atoms with Gasteiger partial charge in [0.05, 0.1) is 18.9 Å². The van der Waals surface area contributed by atoms with E-state index < -0.39 is 23.8 Å². The van der Waals surface area contributed by atoms with Gasteiger partial charge in [-0.1, -0.05) is 18.2 Å². The minimum Gasteiger partial charge on any atom is -0.497 e. The second kappa shape index (κ2) is 11.6. The van der Waals surface area contributed by atoms with Gasteiger partial charge in [0.2, 0.25) is 5.91 Å². The first-order valence-electron chi connectivity index (χ1n) is 12.2. The number of hydrogen-bond donors (Lipinski definition) is 3. The summed E-state index contributed by atoms with van der Waals surface area (Å²) in [7, 11) is 1.55. The molecular weight excluding hydrogens is 506 g/mol. The van der Waals surface area contributed by atoms with Crippen LogP contribution in [0.5, 0.6) is 5.75 Å². The zero-order valence-corrected chi connectivity index (χ0v) is 22.3. The number of anilines is 2. The molecule has 0 spiro atoms. The Morgan fingerprint density at radius 1 is 1.18 bits per heavy atom. The molecule has 2 unspecified atom stereocenters. The fourth-order valence-electron chi connectivity index (χ4n) is 4.53. The number of amides is 3. The van der Waals surface area contributed by atoms with E-state index >= 15 is 0 Å². The molecule has 200 valence electrons. The highest BCUT2D eigenvalue weighted by molar-refractivity contribution is 7.09. The molecule has 3 amide bonds. The topological polar surface area (TPSA) is 150 Å². The molecule has 1 fully saturated rings. The maximum atomic E-state index is 14.2. The second-order valence-electron chi connectivity index (χ2n) is 9.22. The molecule has 1 aliphatic rings. The monoisotopic (exact) mass is 537 g/mol. The molecule has 0 radical (unpaired) electrons. The fourth-order valence-corrected chi connectivity index (χ4v) is 5.27. The van der Waals surface area contributed by atoms with Gasteiger partial charge in [0.25, 0.3) is 11.8 Å². The third-order valence-corrected chi connectivity index (χ3v) is 7.18. The van der Waals surface area contributed by atoms with Crippen molar-refractivity contribution in [2.75, 3.05) is 30.9 Å². The van der Waals surface area contributed by atoms with E-state index in [0.29, 0.717) is 30.2 Å². The standard InChI is InChI=1S/C27H31N5O5S/c1-15-11-16(2)13-18(12-15)32(27(35)24-21(28)22(25(29)33)31-38-24)23(17-6-8-19(36-3)9-7-17)26(34)30-14-20-5-4-10-37-20/h6-9,11-13,20,23H,4-5,10,14,28H2,1-3H3,(H2,29,33)(H,30,34). The van der Waals surface area contributed by atoms with Crippen LogP contribution in [0.3, 0.4) is 0 Å². The number of nitrogens with one attached hydrogen (secondary N) is 1. The number of aryl methyl sites for hydroxylation is 2. The minimum absolute atomic E-state index is 0.0170. The number of hydrogen-bond acceptors (Lipinski definition) is 8. The average Bonchev–Trinajstić information content (AvgIpc) is 3.54. The average molecular weight is 538 g/mol. The maximum absolute atomic E-state index is 14.2. The number of rotatable bonds is 9. The van der Waals surface area contributed by atoms with Crippen LogP contribution in [-0.2, 0) is 9.53 Å². The first-order chi connectivity index (χ1) is 18.2. The Hall–Kier alpha value is -3.96. The van der Waals surface area contributed by atoms with Gasteiger partial charge in [0, 0.05) is 18.8 Å². The number of aromatic nitrogens is 1. The van der Waals surface area contributed by atoms with Crippen molar-refractivity contribution in [1.82, 2.24) is 9.69 Å². The number of carbonyl (C=O) groups excluding carboxylic acids is 3. The third kappa shape index (κ3) is 5.79. The molecule has 1 saturated heterocycles. The summed E-state index contributed by atoms with van der Waals surface area (Å²) in [6.07, 6.45) is 1.69. The molecule has 1 aromatic heterocycles. The van der Waals surface area contributed by atoms with Gasteiger partial charge in [-0.3, -0.25) is 19.3 Å². The first kappa shape index (κ1) is 27.1. The summed E-state index contributed by atoms with van der Waals surface area (Å²) in [5.74, 6) is -1.20. The van der Waals surface area contributed by atoms with E-state index in [0.717, 1.165) is 35.5 Å². The molecule has 11 heteroatoms. The lowest BCUT2D eigenvalue weighted by Crippen LogP contribution is -2.45. The molecule has 4 rings (SSSR count). The van der Waals surface area contributed by atoms with E-state index in [2.05, 4.69) is 9.69 Å². The van der Waals surface area contributed by atoms with Gasteiger partial charge < -0.3 is 26.3 Å². The molecule has 0 aliphatic carbocycles. The van der Waals surface area contributed by atoms with Crippen LogP contribution in [0.4, 0.5) is 11.4 Å². The third-order valence-electron chi connectivity index (χ3n) is 6.33. The molecule has 38 heavy (non-hydrogen) atoms. The van der Waals surface area contributed by atoms with Crippen molar-refractivity contribution in [3.05, 3.63) is 69.7 Å². The highest BCUT2D eigenvalue weighted by Crippen LogP contribution is 2.34. The summed E-state index contributed by atoms with van der Waals surface area (Å²) in [4.78, 5) is 41.2. The predicted octanol–water partition coefficient (Wildman–Crippen LogP) is 3.13. The SMILES string of the molecule is COc1ccc(C(C(=O)NCC2CCCO2)N(C(=O)c2snc(C(N)=O)c2N)c2cc(C)cc(C)c2)cc1. The van der Waals surface area contributed by atoms with Crippen molar-refractivity contribution in [3.8, 4) is 5.75 Å². The highest BCUT2D eigenvalue weighted by atomic mass is 32.1. The van der Waals surface area contributed by atoms with Gasteiger partial charge in [0.15, 0.2) is 5.69 Å². The number of nitrogens with two attached hydrogens (primary N) is 2. The van der Waals surface area contributed by atoms with Gasteiger partial charge in [-0.2, -0.15) is 4.37 Å². The Morgan fingerprint density at radius 3 is 2.42 bits per heavy atom. The van der Waals surface area contributed by atoms with Crippen molar-refractivity contribution in [3.63, 3.8) is 0 Å². The molecule has 1 aliphatic heterocycles. The fraction of sp³-hybridized carbons (Fsp3) is 0.333. The van der Waals surface area contributed by atoms with Crippen LogP contribution < -0.4 is 26.4 Å². The summed E-state index contributed by atoms with van der Waals surface area (Å²) in [6, 6.07) is 11.5. The summed E-state index contributed by atoms with van der Waals surface area (Å²) in [6.45, 7) is 4.79. The number of benzene rings is 2. The van der Waals surface area contributed by atoms with Crippen molar-refractivity contribution >= 4 is 40.6 Å². The van der Waals surface area contributed by atoms with Gasteiger partial charge >= 0.3 is 0 Å². The normalized spacial score (nSPS) is 15.6. The second-order valence-corrected chi connectivity index (χ2v) is 9.99. The predicted molar refractivity (Wildman–Crippen MR) is 145 cm³/mol. The molecule has 5 N–H and O–H groups in total. The Morgan fingerprint density at radius 2 is 1.87 bits per heavy atom. The lowest BCUT2D eigenvalue weighted by Gasteiger charge is -2.32. The van der Waals surface area contributed by atoms with Gasteiger partial charge in [-0.05, 0) is 79.2 Å². The van der Waals surface area contributed by atoms with Crippen LogP contribution in [0, 0.1) is 13.8 Å². The van der Waals surface area contributed by atoms with E-state index in [4.69, 9.17) is 20.9 Å². The van der Waals surface area contributed by atoms with Crippen LogP contribution in [0.1, 0.15) is 55.7 Å². The number of ether oxygens (including phenoxy) is 2. The van der Waals surface area contributed by atoms with E-state index in [1.54, 1.807) is 31.4 Å². The Labute approximate surface area is 225 Å². The lowest BCUT2D eigenvalue weighted by atomic mass is 10.0. The molecule has 2 heterocycles. The molecule has 10 nitrogen and oxygen atoms in total. The minimum atomic E-state index is -1.07. The Bertz CT molecular complexity index is 1310. The van der Waals surface area contributed by atoms with Crippen molar-refractivity contribution in [1.29, 1.82) is 0 Å². The molecule has 0 saturated carbocycles. The Balaban J connectivity index is 1.84. The van der Waals surface area contributed by atoms with E-state index in [9.17, 15) is 14.4 Å². The highest BCUT2D eigenvalue weighted by Gasteiger charge is 2.36. The van der Waals surface area contributed by atoms with Crippen LogP contribution in [0.2, 0.25) is 0 Å². The smallest absolute Gasteiger partial charge is 0.273 e. The van der Waals surface area contributed by atoms with Crippen LogP contribution in [-0.4, -0.2) is 48.5 Å². The van der Waals surface area contributed by atoms with Crippen LogP contribution in [0.15, 0.2) is 42.5 Å². The lowest BCUT2D eigenvalue weighted by molar-refractivity contribution is -0.123. The number of nitrogens with zero attached hydrogens (tertiary/aromatic N) is 2. The van der Waals surface area contributed by atoms with Crippen LogP contribution >= 0.6 is 11.5 Å². The number of nitrogen functional groups attached to an aromatic ring is 1. The molecule has 3 aromatic rings. The van der Waals surface area contributed by atoms with Crippen molar-refractivity contribution in [2.45, 2.75) is 38.8 Å². The zero-order chi connectivity index (χ0) is 27.4. The number of carbonyl (C=O) groups is 3. The largest absolute Gasteiger partial charge is 0.497 e. The van der Waals surface area contributed by atoms with Crippen LogP contribution in [0.25, 0.3) is 0 Å². The van der Waals surface area contributed by atoms with Crippen molar-refractivity contribution < 1.29 is 23.9 Å². The van der Waals surface area contributed by atoms with E-state index in [1.807, 2.05) is 32.0 Å². The molecule has 0 bridgehead atoms. The van der Waals surface area contributed by atoms with E-state index in [1.165, 1.54) is 4.90 Å². The summed E-state index contributed by atoms with van der Waals surface area (Å²) in [5.41, 5.74) is 14.1. The van der Waals surface area contributed by atoms with Gasteiger partial charge in [-0.15, -0.1) is 0 Å². The first-order valence-corrected chi connectivity index (χ1v) is 13.0. The summed E-state index contributed by atoms with van der Waals surface area (Å²) >= 11 is 0.769. The van der Waals surface area contributed by atoms with Gasteiger partial charge in [-0.25, -0.2) is 0 Å². The van der Waals surface area contributed by atoms with E-state index in [-0.39, 0.29) is 22.4 Å². The van der Waals surface area contributed by atoms with Crippen molar-refractivity contribution in [2.24, 2.45) is 5.73 Å². The quantitative estimate of drug-likeness (QED) is 0.379. The number of methoxy groups -OCH3 is 1. The van der Waals surface area contributed by atoms with Gasteiger partial charge in [0.1, 0.15) is 16.7 Å². The maximum Gasteiger partial charge on any atom is 0.273 e. The summed E-state index contributed by atoms with van der Waals surface area (Å²) < 4.78 is 15.0. The Kier molecular flexibility index (Phi) is 8.28. The number of primary amides is 1. The molecule has 2 atom stereocenters. The summed E-state index contributed by atoms with van der Waals surface area (Å²) in [5, 5.41) is 2.97. The zero-order valence-electron chi connectivity index (χ0n) is 21.5.